The number of amides is 1. The Balaban J connectivity index is 1.42. The van der Waals surface area contributed by atoms with Crippen molar-refractivity contribution in [3.8, 4) is 5.75 Å². The maximum absolute atomic E-state index is 15.0. The highest BCUT2D eigenvalue weighted by atomic mass is 79.9. The fourth-order valence-electron chi connectivity index (χ4n) is 5.93. The third-order valence-electron chi connectivity index (χ3n) is 8.47. The van der Waals surface area contributed by atoms with E-state index >= 15 is 0 Å². The summed E-state index contributed by atoms with van der Waals surface area (Å²) >= 11 is 5.35. The molecule has 0 saturated heterocycles. The smallest absolute Gasteiger partial charge is 0.252 e. The molecule has 1 aliphatic heterocycles. The summed E-state index contributed by atoms with van der Waals surface area (Å²) in [5.74, 6) is 0.648. The molecule has 5 aromatic carbocycles. The topological polar surface area (TPSA) is 129 Å². The molecule has 6 rings (SSSR count). The Kier molecular flexibility index (Phi) is 12.1. The van der Waals surface area contributed by atoms with Crippen molar-refractivity contribution in [1.29, 1.82) is 0 Å². The molecule has 0 radical (unpaired) electrons. The predicted molar refractivity (Wildman–Crippen MR) is 203 cm³/mol. The molecule has 1 aliphatic rings. The number of hydrogen-bond acceptors (Lipinski definition) is 7. The van der Waals surface area contributed by atoms with Gasteiger partial charge in [-0.15, -0.1) is 0 Å². The minimum Gasteiger partial charge on any atom is -0.494 e. The number of carbonyl (C=O) groups is 1. The highest BCUT2D eigenvalue weighted by Gasteiger charge is 2.54. The van der Waals surface area contributed by atoms with E-state index in [1.54, 1.807) is 11.8 Å². The fourth-order valence-corrected chi connectivity index (χ4v) is 7.32. The lowest BCUT2D eigenvalue weighted by Gasteiger charge is -2.32. The molecular weight excluding hydrogens is 726 g/mol. The second-order valence-corrected chi connectivity index (χ2v) is 13.8. The highest BCUT2D eigenvalue weighted by molar-refractivity contribution is 9.10. The molecule has 0 spiro atoms. The van der Waals surface area contributed by atoms with Gasteiger partial charge >= 0.3 is 0 Å². The molecular formula is C40H36BrN5O4S. The number of nitrogens with one attached hydrogen (secondary N) is 1. The number of aliphatic imine (C=N–C) groups is 1. The molecule has 0 aliphatic carbocycles. The number of benzene rings is 5. The molecule has 0 saturated carbocycles. The first kappa shape index (κ1) is 35.8. The molecule has 0 bridgehead atoms. The lowest BCUT2D eigenvalue weighted by Crippen LogP contribution is -2.50. The van der Waals surface area contributed by atoms with Crippen molar-refractivity contribution < 1.29 is 19.4 Å². The van der Waals surface area contributed by atoms with E-state index < -0.39 is 11.6 Å². The third kappa shape index (κ3) is 8.64. The van der Waals surface area contributed by atoms with E-state index in [9.17, 15) is 10.3 Å². The van der Waals surface area contributed by atoms with Gasteiger partial charge in [0.2, 0.25) is 5.90 Å². The Labute approximate surface area is 309 Å². The molecule has 51 heavy (non-hydrogen) atoms. The van der Waals surface area contributed by atoms with Gasteiger partial charge < -0.3 is 19.9 Å². The van der Waals surface area contributed by atoms with E-state index in [1.165, 1.54) is 0 Å². The maximum atomic E-state index is 15.0. The van der Waals surface area contributed by atoms with E-state index in [0.717, 1.165) is 31.0 Å². The van der Waals surface area contributed by atoms with Gasteiger partial charge in [0, 0.05) is 50.7 Å². The summed E-state index contributed by atoms with van der Waals surface area (Å²) in [6, 6.07) is 40.8. The standard InChI is InChI=1S/C40H36BrN5O4S/c41-35-17-8-5-11-29(35)25-40(39(48)43-26-31-13-6-9-18-36(31)51-33-14-2-1-3-15-33)37(34-16-7-4-12-30(34)27-44-46-42)50-38(45-40)28-19-21-32(22-20-28)49-24-10-23-47/h1-9,11-22,37,47H,10,23-27H2,(H,43,48)/t37-,40-/m1/s1. The van der Waals surface area contributed by atoms with Gasteiger partial charge in [-0.3, -0.25) is 4.79 Å². The zero-order valence-electron chi connectivity index (χ0n) is 27.7. The largest absolute Gasteiger partial charge is 0.494 e. The Hall–Kier alpha value is -5.06. The second kappa shape index (κ2) is 17.2. The van der Waals surface area contributed by atoms with Crippen molar-refractivity contribution in [2.45, 2.75) is 47.4 Å². The SMILES string of the molecule is [N-]=[N+]=NCc1ccccc1[C@H]1OC(c2ccc(OCCCO)cc2)=N[C@@]1(Cc1ccccc1Br)C(=O)NCc1ccccc1Sc1ccccc1. The molecule has 0 unspecified atom stereocenters. The maximum Gasteiger partial charge on any atom is 0.252 e. The first-order valence-electron chi connectivity index (χ1n) is 16.5. The normalized spacial score (nSPS) is 16.4. The first-order chi connectivity index (χ1) is 25.0. The lowest BCUT2D eigenvalue weighted by molar-refractivity contribution is -0.129. The van der Waals surface area contributed by atoms with Crippen LogP contribution in [0.2, 0.25) is 0 Å². The summed E-state index contributed by atoms with van der Waals surface area (Å²) in [5, 5.41) is 16.2. The highest BCUT2D eigenvalue weighted by Crippen LogP contribution is 2.44. The number of azide groups is 1. The van der Waals surface area contributed by atoms with Crippen molar-refractivity contribution in [3.05, 3.63) is 170 Å². The van der Waals surface area contributed by atoms with E-state index in [0.29, 0.717) is 35.8 Å². The molecule has 1 heterocycles. The molecule has 9 nitrogen and oxygen atoms in total. The van der Waals surface area contributed by atoms with E-state index in [2.05, 4.69) is 49.5 Å². The van der Waals surface area contributed by atoms with Gasteiger partial charge in [0.1, 0.15) is 5.75 Å². The summed E-state index contributed by atoms with van der Waals surface area (Å²) in [6.07, 6.45) is -0.122. The monoisotopic (exact) mass is 761 g/mol. The predicted octanol–water partition coefficient (Wildman–Crippen LogP) is 8.99. The fraction of sp³-hybridized carbons (Fsp3) is 0.200. The molecule has 0 fully saturated rings. The Morgan fingerprint density at radius 1 is 0.922 bits per heavy atom. The number of hydrogen-bond donors (Lipinski definition) is 2. The minimum atomic E-state index is -1.45. The number of ether oxygens (including phenoxy) is 2. The van der Waals surface area contributed by atoms with E-state index in [4.69, 9.17) is 19.6 Å². The quantitative estimate of drug-likeness (QED) is 0.0476. The summed E-state index contributed by atoms with van der Waals surface area (Å²) in [7, 11) is 0. The number of nitrogens with zero attached hydrogens (tertiary/aromatic N) is 4. The van der Waals surface area contributed by atoms with Gasteiger partial charge in [0.25, 0.3) is 5.91 Å². The Morgan fingerprint density at radius 2 is 1.61 bits per heavy atom. The number of halogens is 1. The summed E-state index contributed by atoms with van der Waals surface area (Å²) < 4.78 is 13.3. The van der Waals surface area contributed by atoms with Gasteiger partial charge in [0.05, 0.1) is 13.2 Å². The molecule has 2 atom stereocenters. The van der Waals surface area contributed by atoms with Crippen LogP contribution in [0.5, 0.6) is 5.75 Å². The summed E-state index contributed by atoms with van der Waals surface area (Å²) in [6.45, 7) is 0.785. The number of rotatable bonds is 15. The van der Waals surface area contributed by atoms with Gasteiger partial charge in [-0.1, -0.05) is 112 Å². The molecule has 5 aromatic rings. The van der Waals surface area contributed by atoms with E-state index in [-0.39, 0.29) is 32.0 Å². The van der Waals surface area contributed by atoms with Crippen LogP contribution in [0.4, 0.5) is 0 Å². The van der Waals surface area contributed by atoms with Crippen LogP contribution in [0.3, 0.4) is 0 Å². The Bertz CT molecular complexity index is 2040. The molecule has 1 amide bonds. The zero-order valence-corrected chi connectivity index (χ0v) is 30.1. The summed E-state index contributed by atoms with van der Waals surface area (Å²) in [4.78, 5) is 25.3. The van der Waals surface area contributed by atoms with Gasteiger partial charge in [0.15, 0.2) is 11.6 Å². The van der Waals surface area contributed by atoms with Gasteiger partial charge in [-0.05, 0) is 76.3 Å². The zero-order chi connectivity index (χ0) is 35.5. The van der Waals surface area contributed by atoms with Crippen molar-refractivity contribution in [1.82, 2.24) is 5.32 Å². The van der Waals surface area contributed by atoms with Crippen LogP contribution in [0.1, 0.15) is 40.3 Å². The molecule has 11 heteroatoms. The molecule has 2 N–H and O–H groups in total. The van der Waals surface area contributed by atoms with Gasteiger partial charge in [-0.25, -0.2) is 4.99 Å². The average molecular weight is 763 g/mol. The van der Waals surface area contributed by atoms with Crippen molar-refractivity contribution >= 4 is 39.5 Å². The third-order valence-corrected chi connectivity index (χ3v) is 10.4. The van der Waals surface area contributed by atoms with Crippen LogP contribution in [-0.4, -0.2) is 35.7 Å². The van der Waals surface area contributed by atoms with Crippen molar-refractivity contribution in [3.63, 3.8) is 0 Å². The molecule has 258 valence electrons. The molecule has 0 aromatic heterocycles. The Morgan fingerprint density at radius 3 is 2.35 bits per heavy atom. The average Bonchev–Trinajstić information content (AvgIpc) is 3.55. The number of carbonyl (C=O) groups excluding carboxylic acids is 1. The number of aliphatic hydroxyl groups excluding tert-OH is 1. The second-order valence-electron chi connectivity index (χ2n) is 11.9. The number of aliphatic hydroxyl groups is 1. The lowest BCUT2D eigenvalue weighted by atomic mass is 9.80. The van der Waals surface area contributed by atoms with Crippen molar-refractivity contribution in [2.75, 3.05) is 13.2 Å². The minimum absolute atomic E-state index is 0.0460. The van der Waals surface area contributed by atoms with Crippen LogP contribution in [0.15, 0.2) is 152 Å². The van der Waals surface area contributed by atoms with E-state index in [1.807, 2.05) is 109 Å². The van der Waals surface area contributed by atoms with Gasteiger partial charge in [-0.2, -0.15) is 0 Å². The van der Waals surface area contributed by atoms with Crippen LogP contribution in [0, 0.1) is 0 Å². The van der Waals surface area contributed by atoms with Crippen LogP contribution in [-0.2, 0) is 29.0 Å². The van der Waals surface area contributed by atoms with Crippen LogP contribution in [0.25, 0.3) is 10.4 Å². The van der Waals surface area contributed by atoms with Crippen molar-refractivity contribution in [2.24, 2.45) is 10.1 Å². The first-order valence-corrected chi connectivity index (χ1v) is 18.1. The summed E-state index contributed by atoms with van der Waals surface area (Å²) in [5.41, 5.74) is 11.7. The van der Waals surface area contributed by atoms with Crippen LogP contribution >= 0.6 is 27.7 Å². The van der Waals surface area contributed by atoms with Crippen LogP contribution < -0.4 is 10.1 Å².